The fourth-order valence-corrected chi connectivity index (χ4v) is 3.02. The molecule has 0 aromatic carbocycles. The normalized spacial score (nSPS) is 17.5. The SMILES string of the molecule is CC(C)C1CCN(c2cnccc2CNC(C)(C)C)CC1. The molecule has 0 atom stereocenters. The van der Waals surface area contributed by atoms with Gasteiger partial charge in [0.15, 0.2) is 0 Å². The van der Waals surface area contributed by atoms with Gasteiger partial charge in [-0.15, -0.1) is 0 Å². The highest BCUT2D eigenvalue weighted by Crippen LogP contribution is 2.29. The Balaban J connectivity index is 2.03. The minimum absolute atomic E-state index is 0.144. The maximum atomic E-state index is 4.35. The summed E-state index contributed by atoms with van der Waals surface area (Å²) in [5.41, 5.74) is 2.82. The molecular weight excluding hydrogens is 258 g/mol. The first-order valence-electron chi connectivity index (χ1n) is 8.29. The maximum Gasteiger partial charge on any atom is 0.0598 e. The lowest BCUT2D eigenvalue weighted by atomic mass is 9.86. The Kier molecular flexibility index (Phi) is 5.26. The molecule has 2 heterocycles. The monoisotopic (exact) mass is 289 g/mol. The Bertz CT molecular complexity index is 440. The van der Waals surface area contributed by atoms with Crippen LogP contribution in [0.5, 0.6) is 0 Å². The number of hydrogen-bond donors (Lipinski definition) is 1. The lowest BCUT2D eigenvalue weighted by Crippen LogP contribution is -2.38. The zero-order valence-electron chi connectivity index (χ0n) is 14.3. The highest BCUT2D eigenvalue weighted by Gasteiger charge is 2.23. The van der Waals surface area contributed by atoms with Crippen molar-refractivity contribution in [2.45, 2.75) is 59.5 Å². The van der Waals surface area contributed by atoms with E-state index in [1.807, 2.05) is 12.4 Å². The largest absolute Gasteiger partial charge is 0.370 e. The quantitative estimate of drug-likeness (QED) is 0.912. The number of nitrogens with zero attached hydrogens (tertiary/aromatic N) is 2. The zero-order valence-corrected chi connectivity index (χ0v) is 14.3. The Labute approximate surface area is 130 Å². The molecular formula is C18H31N3. The predicted octanol–water partition coefficient (Wildman–Crippen LogP) is 3.84. The summed E-state index contributed by atoms with van der Waals surface area (Å²) in [4.78, 5) is 6.87. The summed E-state index contributed by atoms with van der Waals surface area (Å²) in [6.45, 7) is 14.6. The molecule has 0 saturated carbocycles. The minimum atomic E-state index is 0.144. The van der Waals surface area contributed by atoms with Gasteiger partial charge in [-0.25, -0.2) is 0 Å². The van der Waals surface area contributed by atoms with Crippen molar-refractivity contribution in [3.63, 3.8) is 0 Å². The van der Waals surface area contributed by atoms with Crippen molar-refractivity contribution >= 4 is 5.69 Å². The molecule has 21 heavy (non-hydrogen) atoms. The summed E-state index contributed by atoms with van der Waals surface area (Å²) < 4.78 is 0. The van der Waals surface area contributed by atoms with Crippen LogP contribution < -0.4 is 10.2 Å². The second-order valence-corrected chi connectivity index (χ2v) is 7.68. The smallest absolute Gasteiger partial charge is 0.0598 e. The second-order valence-electron chi connectivity index (χ2n) is 7.68. The maximum absolute atomic E-state index is 4.35. The molecule has 1 saturated heterocycles. The van der Waals surface area contributed by atoms with Crippen molar-refractivity contribution in [1.82, 2.24) is 10.3 Å². The van der Waals surface area contributed by atoms with Gasteiger partial charge >= 0.3 is 0 Å². The van der Waals surface area contributed by atoms with Crippen LogP contribution in [0.15, 0.2) is 18.5 Å². The van der Waals surface area contributed by atoms with Gasteiger partial charge in [-0.05, 0) is 57.1 Å². The molecule has 3 heteroatoms. The van der Waals surface area contributed by atoms with E-state index in [9.17, 15) is 0 Å². The molecule has 2 rings (SSSR count). The Hall–Kier alpha value is -1.09. The minimum Gasteiger partial charge on any atom is -0.370 e. The van der Waals surface area contributed by atoms with Crippen LogP contribution in [0.4, 0.5) is 5.69 Å². The number of hydrogen-bond acceptors (Lipinski definition) is 3. The van der Waals surface area contributed by atoms with Crippen LogP contribution in [0.25, 0.3) is 0 Å². The first-order valence-corrected chi connectivity index (χ1v) is 8.29. The van der Waals surface area contributed by atoms with E-state index in [4.69, 9.17) is 0 Å². The third-order valence-electron chi connectivity index (χ3n) is 4.52. The molecule has 0 amide bonds. The van der Waals surface area contributed by atoms with Crippen molar-refractivity contribution in [3.8, 4) is 0 Å². The highest BCUT2D eigenvalue weighted by atomic mass is 15.1. The number of aromatic nitrogens is 1. The molecule has 1 fully saturated rings. The van der Waals surface area contributed by atoms with Crippen molar-refractivity contribution < 1.29 is 0 Å². The van der Waals surface area contributed by atoms with Gasteiger partial charge in [-0.1, -0.05) is 13.8 Å². The van der Waals surface area contributed by atoms with Crippen molar-refractivity contribution in [2.75, 3.05) is 18.0 Å². The summed E-state index contributed by atoms with van der Waals surface area (Å²) in [5.74, 6) is 1.69. The lowest BCUT2D eigenvalue weighted by Gasteiger charge is -2.36. The van der Waals surface area contributed by atoms with Crippen LogP contribution in [-0.2, 0) is 6.54 Å². The lowest BCUT2D eigenvalue weighted by molar-refractivity contribution is 0.311. The number of pyridine rings is 1. The van der Waals surface area contributed by atoms with Gasteiger partial charge in [-0.2, -0.15) is 0 Å². The molecule has 0 bridgehead atoms. The molecule has 3 nitrogen and oxygen atoms in total. The highest BCUT2D eigenvalue weighted by molar-refractivity contribution is 5.52. The molecule has 1 aromatic heterocycles. The second kappa shape index (κ2) is 6.78. The number of piperidine rings is 1. The van der Waals surface area contributed by atoms with E-state index in [0.717, 1.165) is 31.5 Å². The molecule has 1 aromatic rings. The predicted molar refractivity (Wildman–Crippen MR) is 90.6 cm³/mol. The van der Waals surface area contributed by atoms with E-state index >= 15 is 0 Å². The van der Waals surface area contributed by atoms with Crippen molar-refractivity contribution in [1.29, 1.82) is 0 Å². The molecule has 1 aliphatic rings. The fourth-order valence-electron chi connectivity index (χ4n) is 3.02. The first kappa shape index (κ1) is 16.3. The van der Waals surface area contributed by atoms with E-state index in [1.54, 1.807) is 0 Å². The van der Waals surface area contributed by atoms with Gasteiger partial charge in [0.2, 0.25) is 0 Å². The Morgan fingerprint density at radius 3 is 2.52 bits per heavy atom. The molecule has 0 aliphatic carbocycles. The van der Waals surface area contributed by atoms with Crippen LogP contribution in [0.3, 0.4) is 0 Å². The van der Waals surface area contributed by atoms with Crippen LogP contribution in [0.1, 0.15) is 53.0 Å². The van der Waals surface area contributed by atoms with Crippen LogP contribution in [0.2, 0.25) is 0 Å². The van der Waals surface area contributed by atoms with E-state index in [-0.39, 0.29) is 5.54 Å². The molecule has 1 N–H and O–H groups in total. The van der Waals surface area contributed by atoms with Crippen LogP contribution in [-0.4, -0.2) is 23.6 Å². The van der Waals surface area contributed by atoms with Gasteiger partial charge in [0.05, 0.1) is 11.9 Å². The summed E-state index contributed by atoms with van der Waals surface area (Å²) in [6, 6.07) is 2.16. The van der Waals surface area contributed by atoms with E-state index < -0.39 is 0 Å². The number of nitrogens with one attached hydrogen (secondary N) is 1. The third kappa shape index (κ3) is 4.70. The summed E-state index contributed by atoms with van der Waals surface area (Å²) in [6.07, 6.45) is 6.55. The zero-order chi connectivity index (χ0) is 15.5. The molecule has 1 aliphatic heterocycles. The van der Waals surface area contributed by atoms with E-state index in [2.05, 4.69) is 55.9 Å². The van der Waals surface area contributed by atoms with Gasteiger partial charge in [0, 0.05) is 31.4 Å². The Morgan fingerprint density at radius 1 is 1.29 bits per heavy atom. The average molecular weight is 289 g/mol. The van der Waals surface area contributed by atoms with E-state index in [0.29, 0.717) is 0 Å². The summed E-state index contributed by atoms with van der Waals surface area (Å²) in [7, 11) is 0. The number of rotatable bonds is 4. The van der Waals surface area contributed by atoms with Crippen LogP contribution in [0, 0.1) is 11.8 Å². The molecule has 0 spiro atoms. The molecule has 118 valence electrons. The topological polar surface area (TPSA) is 28.2 Å². The van der Waals surface area contributed by atoms with Crippen molar-refractivity contribution in [2.24, 2.45) is 11.8 Å². The van der Waals surface area contributed by atoms with Gasteiger partial charge < -0.3 is 10.2 Å². The summed E-state index contributed by atoms with van der Waals surface area (Å²) in [5, 5.41) is 3.59. The number of anilines is 1. The Morgan fingerprint density at radius 2 is 1.95 bits per heavy atom. The van der Waals surface area contributed by atoms with Gasteiger partial charge in [0.1, 0.15) is 0 Å². The van der Waals surface area contributed by atoms with E-state index in [1.165, 1.54) is 24.1 Å². The first-order chi connectivity index (χ1) is 9.87. The van der Waals surface area contributed by atoms with Crippen LogP contribution >= 0.6 is 0 Å². The van der Waals surface area contributed by atoms with Crippen molar-refractivity contribution in [3.05, 3.63) is 24.0 Å². The third-order valence-corrected chi connectivity index (χ3v) is 4.52. The summed E-state index contributed by atoms with van der Waals surface area (Å²) >= 11 is 0. The van der Waals surface area contributed by atoms with Gasteiger partial charge in [-0.3, -0.25) is 4.98 Å². The fraction of sp³-hybridized carbons (Fsp3) is 0.722. The standard InChI is InChI=1S/C18H31N3/c1-14(2)15-7-10-21(11-8-15)17-13-19-9-6-16(17)12-20-18(3,4)5/h6,9,13-15,20H,7-8,10-12H2,1-5H3. The molecule has 0 radical (unpaired) electrons. The van der Waals surface area contributed by atoms with Gasteiger partial charge in [0.25, 0.3) is 0 Å². The molecule has 0 unspecified atom stereocenters. The average Bonchev–Trinajstić information content (AvgIpc) is 2.45.